The van der Waals surface area contributed by atoms with E-state index in [1.165, 1.54) is 173 Å². The molecule has 0 aliphatic carbocycles. The molecule has 0 unspecified atom stereocenters. The van der Waals surface area contributed by atoms with E-state index in [2.05, 4.69) is 19.2 Å². The summed E-state index contributed by atoms with van der Waals surface area (Å²) in [5, 5.41) is 2.61. The van der Waals surface area contributed by atoms with Gasteiger partial charge in [-0.3, -0.25) is 9.59 Å². The van der Waals surface area contributed by atoms with Crippen LogP contribution in [0.2, 0.25) is 0 Å². The number of esters is 2. The molecule has 0 aromatic carbocycles. The number of rotatable bonds is 40. The van der Waals surface area contributed by atoms with Crippen LogP contribution in [-0.2, 0) is 23.9 Å². The van der Waals surface area contributed by atoms with Crippen LogP contribution in [0, 0.1) is 0 Å². The standard InChI is InChI=1S/C43H84N2O5/c1-3-5-7-9-11-13-15-17-19-21-23-25-27-29-31-33-37-49-42(47)36-35-40(45-41(46)39-44)43(48)50-38-34-32-30-28-26-24-22-20-18-16-14-12-10-8-6-4-2/h40H,3-39,44H2,1-2H3,(H,45,46)/t40-/m0/s1. The van der Waals surface area contributed by atoms with Crippen LogP contribution in [0.15, 0.2) is 0 Å². The van der Waals surface area contributed by atoms with Gasteiger partial charge < -0.3 is 20.5 Å². The molecule has 0 aromatic rings. The number of carbonyl (C=O) groups excluding carboxylic acids is 3. The maximum Gasteiger partial charge on any atom is 0.328 e. The fourth-order valence-electron chi connectivity index (χ4n) is 6.60. The molecule has 0 saturated carbocycles. The lowest BCUT2D eigenvalue weighted by atomic mass is 10.0. The zero-order chi connectivity index (χ0) is 36.6. The molecule has 0 radical (unpaired) electrons. The molecule has 0 bridgehead atoms. The van der Waals surface area contributed by atoms with Crippen molar-refractivity contribution in [3.05, 3.63) is 0 Å². The Hall–Kier alpha value is -1.63. The zero-order valence-electron chi connectivity index (χ0n) is 33.4. The summed E-state index contributed by atoms with van der Waals surface area (Å²) >= 11 is 0. The van der Waals surface area contributed by atoms with Gasteiger partial charge in [-0.2, -0.15) is 0 Å². The van der Waals surface area contributed by atoms with Gasteiger partial charge in [0, 0.05) is 6.42 Å². The van der Waals surface area contributed by atoms with Gasteiger partial charge in [0.25, 0.3) is 0 Å². The van der Waals surface area contributed by atoms with E-state index >= 15 is 0 Å². The lowest BCUT2D eigenvalue weighted by molar-refractivity contribution is -0.149. The molecule has 7 nitrogen and oxygen atoms in total. The maximum absolute atomic E-state index is 12.7. The highest BCUT2D eigenvalue weighted by Crippen LogP contribution is 2.15. The Kier molecular flexibility index (Phi) is 38.8. The third-order valence-electron chi connectivity index (χ3n) is 9.95. The number of hydrogen-bond donors (Lipinski definition) is 2. The van der Waals surface area contributed by atoms with Crippen molar-refractivity contribution in [2.45, 2.75) is 238 Å². The first-order valence-electron chi connectivity index (χ1n) is 21.9. The number of nitrogens with one attached hydrogen (secondary N) is 1. The molecule has 0 spiro atoms. The SMILES string of the molecule is CCCCCCCCCCCCCCCCCCOC(=O)CC[C@H](NC(=O)CN)C(=O)OCCCCCCCCCCCCCCCCCC. The minimum absolute atomic E-state index is 0.0581. The monoisotopic (exact) mass is 709 g/mol. The number of amides is 1. The highest BCUT2D eigenvalue weighted by molar-refractivity contribution is 5.85. The van der Waals surface area contributed by atoms with E-state index in [9.17, 15) is 14.4 Å². The van der Waals surface area contributed by atoms with Gasteiger partial charge in [0.2, 0.25) is 5.91 Å². The molecule has 7 heteroatoms. The van der Waals surface area contributed by atoms with E-state index in [-0.39, 0.29) is 25.4 Å². The maximum atomic E-state index is 12.7. The highest BCUT2D eigenvalue weighted by atomic mass is 16.5. The summed E-state index contributed by atoms with van der Waals surface area (Å²) in [6.45, 7) is 5.06. The first-order valence-corrected chi connectivity index (χ1v) is 21.9. The molecule has 3 N–H and O–H groups in total. The second-order valence-electron chi connectivity index (χ2n) is 14.9. The number of unbranched alkanes of at least 4 members (excludes halogenated alkanes) is 30. The normalized spacial score (nSPS) is 11.8. The van der Waals surface area contributed by atoms with E-state index in [4.69, 9.17) is 15.2 Å². The van der Waals surface area contributed by atoms with Gasteiger partial charge in [-0.1, -0.05) is 206 Å². The topological polar surface area (TPSA) is 108 Å². The predicted molar refractivity (Wildman–Crippen MR) is 211 cm³/mol. The Morgan fingerprint density at radius 2 is 0.760 bits per heavy atom. The molecule has 50 heavy (non-hydrogen) atoms. The predicted octanol–water partition coefficient (Wildman–Crippen LogP) is 11.8. The Morgan fingerprint density at radius 1 is 0.460 bits per heavy atom. The average Bonchev–Trinajstić information content (AvgIpc) is 3.12. The number of hydrogen-bond acceptors (Lipinski definition) is 6. The van der Waals surface area contributed by atoms with E-state index in [0.717, 1.165) is 32.1 Å². The smallest absolute Gasteiger partial charge is 0.328 e. The molecule has 0 aliphatic heterocycles. The van der Waals surface area contributed by atoms with Crippen LogP contribution in [-0.4, -0.2) is 43.6 Å². The summed E-state index contributed by atoms with van der Waals surface area (Å²) in [6, 6.07) is -0.879. The summed E-state index contributed by atoms with van der Waals surface area (Å²) < 4.78 is 10.8. The average molecular weight is 709 g/mol. The molecule has 296 valence electrons. The minimum atomic E-state index is -0.879. The quantitative estimate of drug-likeness (QED) is 0.0484. The number of nitrogens with two attached hydrogens (primary N) is 1. The lowest BCUT2D eigenvalue weighted by Crippen LogP contribution is -2.44. The van der Waals surface area contributed by atoms with E-state index in [1.807, 2.05) is 0 Å². The van der Waals surface area contributed by atoms with Gasteiger partial charge in [0.05, 0.1) is 19.8 Å². The first-order chi connectivity index (χ1) is 24.5. The fraction of sp³-hybridized carbons (Fsp3) is 0.930. The van der Waals surface area contributed by atoms with Crippen molar-refractivity contribution in [1.29, 1.82) is 0 Å². The molecule has 0 saturated heterocycles. The van der Waals surface area contributed by atoms with Gasteiger partial charge >= 0.3 is 11.9 Å². The molecule has 0 aliphatic rings. The molecule has 0 heterocycles. The van der Waals surface area contributed by atoms with Gasteiger partial charge in [0.15, 0.2) is 0 Å². The van der Waals surface area contributed by atoms with E-state index in [0.29, 0.717) is 13.2 Å². The van der Waals surface area contributed by atoms with Crippen LogP contribution in [0.4, 0.5) is 0 Å². The Labute approximate surface area is 310 Å². The molecule has 1 atom stereocenters. The van der Waals surface area contributed by atoms with Crippen LogP contribution in [0.25, 0.3) is 0 Å². The third-order valence-corrected chi connectivity index (χ3v) is 9.95. The lowest BCUT2D eigenvalue weighted by Gasteiger charge is -2.17. The summed E-state index contributed by atoms with van der Waals surface area (Å²) in [4.78, 5) is 36.9. The fourth-order valence-corrected chi connectivity index (χ4v) is 6.60. The first kappa shape index (κ1) is 48.4. The van der Waals surface area contributed by atoms with E-state index < -0.39 is 17.9 Å². The van der Waals surface area contributed by atoms with Crippen molar-refractivity contribution < 1.29 is 23.9 Å². The van der Waals surface area contributed by atoms with Crippen molar-refractivity contribution in [2.75, 3.05) is 19.8 Å². The van der Waals surface area contributed by atoms with Crippen LogP contribution >= 0.6 is 0 Å². The third kappa shape index (κ3) is 36.2. The Morgan fingerprint density at radius 3 is 1.08 bits per heavy atom. The summed E-state index contributed by atoms with van der Waals surface area (Å²) in [7, 11) is 0. The van der Waals surface area contributed by atoms with Crippen molar-refractivity contribution in [3.63, 3.8) is 0 Å². The van der Waals surface area contributed by atoms with Crippen LogP contribution < -0.4 is 11.1 Å². The molecule has 1 amide bonds. The molecule has 0 aromatic heterocycles. The van der Waals surface area contributed by atoms with Crippen molar-refractivity contribution in [3.8, 4) is 0 Å². The van der Waals surface area contributed by atoms with Crippen molar-refractivity contribution in [1.82, 2.24) is 5.32 Å². The zero-order valence-corrected chi connectivity index (χ0v) is 33.4. The Balaban J connectivity index is 3.76. The van der Waals surface area contributed by atoms with Gasteiger partial charge in [-0.25, -0.2) is 4.79 Å². The summed E-state index contributed by atoms with van der Waals surface area (Å²) in [5.41, 5.74) is 5.44. The van der Waals surface area contributed by atoms with Crippen LogP contribution in [0.5, 0.6) is 0 Å². The van der Waals surface area contributed by atoms with E-state index in [1.54, 1.807) is 0 Å². The molecular formula is C43H84N2O5. The second kappa shape index (κ2) is 40.1. The molecule has 0 rings (SSSR count). The van der Waals surface area contributed by atoms with Gasteiger partial charge in [-0.05, 0) is 19.3 Å². The second-order valence-corrected chi connectivity index (χ2v) is 14.9. The summed E-state index contributed by atoms with van der Waals surface area (Å²) in [5.74, 6) is -1.28. The molecular weight excluding hydrogens is 624 g/mol. The number of carbonyl (C=O) groups is 3. The Bertz CT molecular complexity index is 747. The van der Waals surface area contributed by atoms with Gasteiger partial charge in [0.1, 0.15) is 6.04 Å². The highest BCUT2D eigenvalue weighted by Gasteiger charge is 2.23. The van der Waals surface area contributed by atoms with Gasteiger partial charge in [-0.15, -0.1) is 0 Å². The number of ether oxygens (including phenoxy) is 2. The minimum Gasteiger partial charge on any atom is -0.466 e. The van der Waals surface area contributed by atoms with Crippen LogP contribution in [0.3, 0.4) is 0 Å². The van der Waals surface area contributed by atoms with Crippen molar-refractivity contribution in [2.24, 2.45) is 5.73 Å². The molecule has 0 fully saturated rings. The largest absolute Gasteiger partial charge is 0.466 e. The van der Waals surface area contributed by atoms with Crippen molar-refractivity contribution >= 4 is 17.8 Å². The summed E-state index contributed by atoms with van der Waals surface area (Å²) in [6.07, 6.45) is 41.7. The van der Waals surface area contributed by atoms with Crippen LogP contribution in [0.1, 0.15) is 232 Å².